The molecular formula is C12H20N4O. The summed E-state index contributed by atoms with van der Waals surface area (Å²) in [7, 11) is 0. The number of hydrogen-bond acceptors (Lipinski definition) is 3. The van der Waals surface area contributed by atoms with Crippen LogP contribution in [0.3, 0.4) is 0 Å². The van der Waals surface area contributed by atoms with Gasteiger partial charge in [-0.3, -0.25) is 9.48 Å². The number of carbonyl (C=O) groups excluding carboxylic acids is 1. The molecule has 5 nitrogen and oxygen atoms in total. The van der Waals surface area contributed by atoms with Gasteiger partial charge in [0.2, 0.25) is 0 Å². The van der Waals surface area contributed by atoms with Gasteiger partial charge in [-0.1, -0.05) is 6.92 Å². The summed E-state index contributed by atoms with van der Waals surface area (Å²) in [6, 6.07) is 0.376. The highest BCUT2D eigenvalue weighted by atomic mass is 16.1. The number of hydrogen-bond donors (Lipinski definition) is 2. The highest BCUT2D eigenvalue weighted by molar-refractivity contribution is 5.92. The molecule has 2 heterocycles. The molecule has 1 aliphatic heterocycles. The predicted molar refractivity (Wildman–Crippen MR) is 66.0 cm³/mol. The number of fused-ring (bicyclic) bond motifs is 1. The van der Waals surface area contributed by atoms with Crippen molar-refractivity contribution in [1.82, 2.24) is 15.1 Å². The number of rotatable bonds is 2. The minimum Gasteiger partial charge on any atom is -0.364 e. The van der Waals surface area contributed by atoms with Crippen LogP contribution in [-0.2, 0) is 0 Å². The van der Waals surface area contributed by atoms with Gasteiger partial charge in [0.1, 0.15) is 0 Å². The van der Waals surface area contributed by atoms with E-state index in [2.05, 4.69) is 31.2 Å². The molecule has 1 amide bonds. The maximum Gasteiger partial charge on any atom is 0.269 e. The van der Waals surface area contributed by atoms with Crippen molar-refractivity contribution in [3.05, 3.63) is 17.0 Å². The highest BCUT2D eigenvalue weighted by Gasteiger charge is 2.32. The molecule has 3 N–H and O–H groups in total. The average Bonchev–Trinajstić information content (AvgIpc) is 2.64. The maximum atomic E-state index is 11.5. The van der Waals surface area contributed by atoms with E-state index in [4.69, 9.17) is 5.73 Å². The molecule has 1 aliphatic rings. The van der Waals surface area contributed by atoms with Crippen molar-refractivity contribution in [2.24, 2.45) is 5.73 Å². The monoisotopic (exact) mass is 236 g/mol. The fraction of sp³-hybridized carbons (Fsp3) is 0.667. The third-order valence-electron chi connectivity index (χ3n) is 3.34. The van der Waals surface area contributed by atoms with E-state index >= 15 is 0 Å². The largest absolute Gasteiger partial charge is 0.364 e. The molecular weight excluding hydrogens is 216 g/mol. The fourth-order valence-electron chi connectivity index (χ4n) is 2.51. The van der Waals surface area contributed by atoms with Gasteiger partial charge in [0, 0.05) is 35.8 Å². The Balaban J connectivity index is 2.66. The summed E-state index contributed by atoms with van der Waals surface area (Å²) in [5.74, 6) is -0.0902. The third kappa shape index (κ3) is 1.84. The smallest absolute Gasteiger partial charge is 0.269 e. The number of amides is 1. The van der Waals surface area contributed by atoms with Gasteiger partial charge in [-0.05, 0) is 20.8 Å². The maximum absolute atomic E-state index is 11.5. The SMILES string of the molecule is CC1CNC(C)c2c(C(N)=O)nn(C(C)C)c21. The quantitative estimate of drug-likeness (QED) is 0.813. The number of nitrogens with two attached hydrogens (primary N) is 1. The topological polar surface area (TPSA) is 72.9 Å². The van der Waals surface area contributed by atoms with E-state index in [0.29, 0.717) is 11.6 Å². The first kappa shape index (κ1) is 12.1. The second-order valence-corrected chi connectivity index (χ2v) is 5.08. The molecule has 0 aliphatic carbocycles. The summed E-state index contributed by atoms with van der Waals surface area (Å²) >= 11 is 0. The van der Waals surface area contributed by atoms with Crippen LogP contribution in [0.4, 0.5) is 0 Å². The average molecular weight is 236 g/mol. The van der Waals surface area contributed by atoms with Crippen molar-refractivity contribution < 1.29 is 4.79 Å². The van der Waals surface area contributed by atoms with Crippen LogP contribution in [0.25, 0.3) is 0 Å². The first-order chi connectivity index (χ1) is 7.93. The Morgan fingerprint density at radius 1 is 1.53 bits per heavy atom. The van der Waals surface area contributed by atoms with Crippen LogP contribution in [0.2, 0.25) is 0 Å². The van der Waals surface area contributed by atoms with Crippen molar-refractivity contribution in [2.45, 2.75) is 45.7 Å². The Kier molecular flexibility index (Phi) is 2.95. The summed E-state index contributed by atoms with van der Waals surface area (Å²) in [6.07, 6.45) is 0. The Bertz CT molecular complexity index is 450. The van der Waals surface area contributed by atoms with Crippen molar-refractivity contribution in [2.75, 3.05) is 6.54 Å². The second kappa shape index (κ2) is 4.14. The lowest BCUT2D eigenvalue weighted by Gasteiger charge is -2.28. The lowest BCUT2D eigenvalue weighted by Crippen LogP contribution is -2.32. The van der Waals surface area contributed by atoms with Gasteiger partial charge in [-0.25, -0.2) is 0 Å². The molecule has 0 saturated heterocycles. The number of carbonyl (C=O) groups is 1. The summed E-state index contributed by atoms with van der Waals surface area (Å²) < 4.78 is 1.94. The number of nitrogens with zero attached hydrogens (tertiary/aromatic N) is 2. The third-order valence-corrected chi connectivity index (χ3v) is 3.34. The molecule has 2 rings (SSSR count). The molecule has 0 bridgehead atoms. The van der Waals surface area contributed by atoms with Crippen molar-refractivity contribution in [3.63, 3.8) is 0 Å². The molecule has 2 atom stereocenters. The van der Waals surface area contributed by atoms with E-state index in [0.717, 1.165) is 17.8 Å². The summed E-state index contributed by atoms with van der Waals surface area (Å²) in [4.78, 5) is 11.5. The molecule has 0 radical (unpaired) electrons. The van der Waals surface area contributed by atoms with Crippen LogP contribution in [0.5, 0.6) is 0 Å². The first-order valence-corrected chi connectivity index (χ1v) is 6.09. The minimum absolute atomic E-state index is 0.135. The zero-order chi connectivity index (χ0) is 12.7. The lowest BCUT2D eigenvalue weighted by molar-refractivity contribution is 0.0993. The lowest BCUT2D eigenvalue weighted by atomic mass is 9.92. The van der Waals surface area contributed by atoms with Crippen LogP contribution in [0.15, 0.2) is 0 Å². The molecule has 1 aromatic rings. The standard InChI is InChI=1S/C12H20N4O/c1-6(2)16-11-7(3)5-14-8(4)9(11)10(15-16)12(13)17/h6-8,14H,5H2,1-4H3,(H2,13,17). The van der Waals surface area contributed by atoms with E-state index in [1.807, 2.05) is 11.6 Å². The van der Waals surface area contributed by atoms with Gasteiger partial charge in [0.25, 0.3) is 5.91 Å². The first-order valence-electron chi connectivity index (χ1n) is 6.09. The minimum atomic E-state index is -0.441. The van der Waals surface area contributed by atoms with E-state index in [-0.39, 0.29) is 12.1 Å². The Morgan fingerprint density at radius 3 is 2.71 bits per heavy atom. The Morgan fingerprint density at radius 2 is 2.18 bits per heavy atom. The summed E-state index contributed by atoms with van der Waals surface area (Å²) in [6.45, 7) is 9.23. The van der Waals surface area contributed by atoms with Gasteiger partial charge >= 0.3 is 0 Å². The van der Waals surface area contributed by atoms with Crippen molar-refractivity contribution >= 4 is 5.91 Å². The van der Waals surface area contributed by atoms with Crippen molar-refractivity contribution in [1.29, 1.82) is 0 Å². The summed E-state index contributed by atoms with van der Waals surface area (Å²) in [5, 5.41) is 7.77. The van der Waals surface area contributed by atoms with E-state index in [1.54, 1.807) is 0 Å². The van der Waals surface area contributed by atoms with Crippen LogP contribution < -0.4 is 11.1 Å². The molecule has 17 heavy (non-hydrogen) atoms. The van der Waals surface area contributed by atoms with Crippen LogP contribution in [0, 0.1) is 0 Å². The number of primary amides is 1. The van der Waals surface area contributed by atoms with Crippen LogP contribution in [0.1, 0.15) is 67.4 Å². The van der Waals surface area contributed by atoms with Gasteiger partial charge in [-0.2, -0.15) is 5.10 Å². The van der Waals surface area contributed by atoms with Gasteiger partial charge in [-0.15, -0.1) is 0 Å². The zero-order valence-corrected chi connectivity index (χ0v) is 10.8. The molecule has 1 aromatic heterocycles. The predicted octanol–water partition coefficient (Wildman–Crippen LogP) is 1.33. The van der Waals surface area contributed by atoms with E-state index in [9.17, 15) is 4.79 Å². The molecule has 5 heteroatoms. The second-order valence-electron chi connectivity index (χ2n) is 5.08. The zero-order valence-electron chi connectivity index (χ0n) is 10.8. The number of nitrogens with one attached hydrogen (secondary N) is 1. The molecule has 94 valence electrons. The van der Waals surface area contributed by atoms with Gasteiger partial charge < -0.3 is 11.1 Å². The Hall–Kier alpha value is -1.36. The molecule has 0 spiro atoms. The molecule has 0 aromatic carbocycles. The Labute approximate surface area is 101 Å². The van der Waals surface area contributed by atoms with E-state index in [1.165, 1.54) is 0 Å². The molecule has 2 unspecified atom stereocenters. The van der Waals surface area contributed by atoms with Crippen molar-refractivity contribution in [3.8, 4) is 0 Å². The normalized spacial score (nSPS) is 23.8. The summed E-state index contributed by atoms with van der Waals surface area (Å²) in [5.41, 5.74) is 7.96. The highest BCUT2D eigenvalue weighted by Crippen LogP contribution is 2.33. The molecule has 0 fully saturated rings. The van der Waals surface area contributed by atoms with Gasteiger partial charge in [0.05, 0.1) is 0 Å². The van der Waals surface area contributed by atoms with Crippen LogP contribution >= 0.6 is 0 Å². The number of aromatic nitrogens is 2. The van der Waals surface area contributed by atoms with E-state index < -0.39 is 5.91 Å². The fourth-order valence-corrected chi connectivity index (χ4v) is 2.51. The molecule has 0 saturated carbocycles. The van der Waals surface area contributed by atoms with Crippen LogP contribution in [-0.4, -0.2) is 22.2 Å². The van der Waals surface area contributed by atoms with Gasteiger partial charge in [0.15, 0.2) is 5.69 Å².